The van der Waals surface area contributed by atoms with Gasteiger partial charge in [-0.3, -0.25) is 9.59 Å². The van der Waals surface area contributed by atoms with Crippen LogP contribution in [0.2, 0.25) is 0 Å². The van der Waals surface area contributed by atoms with Gasteiger partial charge in [-0.05, 0) is 24.7 Å². The molecule has 1 aliphatic rings. The van der Waals surface area contributed by atoms with E-state index in [4.69, 9.17) is 5.11 Å². The summed E-state index contributed by atoms with van der Waals surface area (Å²) in [4.78, 5) is 23.6. The molecular weight excluding hydrogens is 258 g/mol. The molecule has 116 valence electrons. The summed E-state index contributed by atoms with van der Waals surface area (Å²) in [5.74, 6) is -2.06. The van der Waals surface area contributed by atoms with Gasteiger partial charge in [0.2, 0.25) is 5.91 Å². The highest BCUT2D eigenvalue weighted by molar-refractivity contribution is 5.85. The van der Waals surface area contributed by atoms with E-state index in [0.717, 1.165) is 12.8 Å². The Balaban J connectivity index is 2.74. The average Bonchev–Trinajstić information content (AvgIpc) is 2.37. The van der Waals surface area contributed by atoms with Crippen LogP contribution in [0.15, 0.2) is 0 Å². The normalized spacial score (nSPS) is 25.0. The molecule has 0 radical (unpaired) electrons. The van der Waals surface area contributed by atoms with Crippen LogP contribution in [0.5, 0.6) is 0 Å². The van der Waals surface area contributed by atoms with Crippen LogP contribution in [0, 0.1) is 17.3 Å². The summed E-state index contributed by atoms with van der Waals surface area (Å²) in [7, 11) is 0. The van der Waals surface area contributed by atoms with Gasteiger partial charge in [-0.2, -0.15) is 0 Å². The number of carbonyl (C=O) groups is 2. The average molecular weight is 285 g/mol. The lowest BCUT2D eigenvalue weighted by Crippen LogP contribution is -2.49. The van der Waals surface area contributed by atoms with Gasteiger partial charge in [-0.1, -0.05) is 33.6 Å². The number of rotatable bonds is 5. The minimum atomic E-state index is -0.876. The van der Waals surface area contributed by atoms with E-state index in [1.807, 2.05) is 20.8 Å². The maximum atomic E-state index is 12.4. The second-order valence-electron chi connectivity index (χ2n) is 6.78. The van der Waals surface area contributed by atoms with Crippen LogP contribution in [-0.4, -0.2) is 34.7 Å². The fraction of sp³-hybridized carbons (Fsp3) is 0.867. The van der Waals surface area contributed by atoms with E-state index >= 15 is 0 Å². The molecule has 0 bridgehead atoms. The molecule has 1 aliphatic carbocycles. The number of carbonyl (C=O) groups excluding carboxylic acids is 1. The summed E-state index contributed by atoms with van der Waals surface area (Å²) in [6.07, 6.45) is 3.48. The van der Waals surface area contributed by atoms with E-state index in [0.29, 0.717) is 19.3 Å². The fourth-order valence-corrected chi connectivity index (χ4v) is 2.87. The summed E-state index contributed by atoms with van der Waals surface area (Å²) in [5, 5.41) is 21.3. The summed E-state index contributed by atoms with van der Waals surface area (Å²) >= 11 is 0. The quantitative estimate of drug-likeness (QED) is 0.718. The first kappa shape index (κ1) is 17.0. The van der Waals surface area contributed by atoms with Crippen molar-refractivity contribution in [3.8, 4) is 0 Å². The van der Waals surface area contributed by atoms with Crippen molar-refractivity contribution in [1.29, 1.82) is 0 Å². The largest absolute Gasteiger partial charge is 0.481 e. The number of amides is 1. The molecule has 1 rings (SSSR count). The highest BCUT2D eigenvalue weighted by Gasteiger charge is 2.37. The molecule has 1 saturated carbocycles. The molecule has 5 heteroatoms. The minimum Gasteiger partial charge on any atom is -0.481 e. The Hall–Kier alpha value is -1.10. The number of hydrogen-bond acceptors (Lipinski definition) is 3. The van der Waals surface area contributed by atoms with E-state index in [1.165, 1.54) is 0 Å². The van der Waals surface area contributed by atoms with E-state index in [2.05, 4.69) is 5.32 Å². The zero-order valence-electron chi connectivity index (χ0n) is 12.7. The lowest BCUT2D eigenvalue weighted by Gasteiger charge is -2.34. The van der Waals surface area contributed by atoms with Gasteiger partial charge in [-0.25, -0.2) is 0 Å². The van der Waals surface area contributed by atoms with Crippen LogP contribution in [0.1, 0.15) is 52.9 Å². The van der Waals surface area contributed by atoms with Crippen LogP contribution in [0.25, 0.3) is 0 Å². The molecule has 0 aliphatic heterocycles. The van der Waals surface area contributed by atoms with Gasteiger partial charge in [0.05, 0.1) is 11.8 Å². The van der Waals surface area contributed by atoms with Gasteiger partial charge in [0.25, 0.3) is 0 Å². The first-order chi connectivity index (χ1) is 9.27. The molecule has 3 atom stereocenters. The number of nitrogens with one attached hydrogen (secondary N) is 1. The van der Waals surface area contributed by atoms with Crippen LogP contribution in [0.4, 0.5) is 0 Å². The Labute approximate surface area is 120 Å². The number of aliphatic hydroxyl groups excluding tert-OH is 1. The second-order valence-corrected chi connectivity index (χ2v) is 6.78. The van der Waals surface area contributed by atoms with Crippen LogP contribution < -0.4 is 5.32 Å². The molecule has 20 heavy (non-hydrogen) atoms. The van der Waals surface area contributed by atoms with Gasteiger partial charge in [-0.15, -0.1) is 0 Å². The topological polar surface area (TPSA) is 86.6 Å². The molecule has 3 unspecified atom stereocenters. The first-order valence-electron chi connectivity index (χ1n) is 7.41. The molecule has 5 nitrogen and oxygen atoms in total. The maximum Gasteiger partial charge on any atom is 0.307 e. The Morgan fingerprint density at radius 1 is 1.20 bits per heavy atom. The van der Waals surface area contributed by atoms with E-state index in [-0.39, 0.29) is 24.0 Å². The molecule has 0 aromatic rings. The first-order valence-corrected chi connectivity index (χ1v) is 7.41. The van der Waals surface area contributed by atoms with Crippen molar-refractivity contribution in [3.05, 3.63) is 0 Å². The number of aliphatic hydroxyl groups is 1. The highest BCUT2D eigenvalue weighted by Crippen LogP contribution is 2.31. The minimum absolute atomic E-state index is 0.00917. The standard InChI is InChI=1S/C15H27NO4/c1-15(2,3)12(8-9-17)16-13(18)10-6-4-5-7-11(10)14(19)20/h10-12,17H,4-9H2,1-3H3,(H,16,18)(H,19,20). The summed E-state index contributed by atoms with van der Waals surface area (Å²) < 4.78 is 0. The van der Waals surface area contributed by atoms with Crippen molar-refractivity contribution in [1.82, 2.24) is 5.32 Å². The van der Waals surface area contributed by atoms with Crippen molar-refractivity contribution >= 4 is 11.9 Å². The van der Waals surface area contributed by atoms with Gasteiger partial charge in [0, 0.05) is 12.6 Å². The third-order valence-electron chi connectivity index (χ3n) is 4.20. The van der Waals surface area contributed by atoms with Gasteiger partial charge in [0.1, 0.15) is 0 Å². The Kier molecular flexibility index (Phi) is 5.99. The molecule has 0 aromatic carbocycles. The van der Waals surface area contributed by atoms with Crippen molar-refractivity contribution < 1.29 is 19.8 Å². The monoisotopic (exact) mass is 285 g/mol. The van der Waals surface area contributed by atoms with Crippen molar-refractivity contribution in [2.45, 2.75) is 58.9 Å². The fourth-order valence-electron chi connectivity index (χ4n) is 2.87. The molecular formula is C15H27NO4. The van der Waals surface area contributed by atoms with Gasteiger partial charge in [0.15, 0.2) is 0 Å². The molecule has 0 spiro atoms. The maximum absolute atomic E-state index is 12.4. The van der Waals surface area contributed by atoms with Crippen LogP contribution in [0.3, 0.4) is 0 Å². The van der Waals surface area contributed by atoms with Gasteiger partial charge >= 0.3 is 5.97 Å². The second kappa shape index (κ2) is 7.07. The Bertz CT molecular complexity index is 348. The predicted octanol–water partition coefficient (Wildman–Crippen LogP) is 1.79. The lowest BCUT2D eigenvalue weighted by molar-refractivity contribution is -0.149. The summed E-state index contributed by atoms with van der Waals surface area (Å²) in [5.41, 5.74) is -0.161. The summed E-state index contributed by atoms with van der Waals surface area (Å²) in [6, 6.07) is -0.142. The lowest BCUT2D eigenvalue weighted by atomic mass is 9.77. The van der Waals surface area contributed by atoms with Crippen molar-refractivity contribution in [2.75, 3.05) is 6.61 Å². The van der Waals surface area contributed by atoms with Crippen LogP contribution >= 0.6 is 0 Å². The number of hydrogen-bond donors (Lipinski definition) is 3. The molecule has 0 heterocycles. The molecule has 1 amide bonds. The summed E-state index contributed by atoms with van der Waals surface area (Å²) in [6.45, 7) is 6.02. The third kappa shape index (κ3) is 4.47. The van der Waals surface area contributed by atoms with Crippen LogP contribution in [-0.2, 0) is 9.59 Å². The zero-order valence-corrected chi connectivity index (χ0v) is 12.7. The number of carboxylic acid groups (broad SMARTS) is 1. The van der Waals surface area contributed by atoms with E-state index < -0.39 is 17.8 Å². The van der Waals surface area contributed by atoms with Crippen molar-refractivity contribution in [3.63, 3.8) is 0 Å². The SMILES string of the molecule is CC(C)(C)C(CCO)NC(=O)C1CCCCC1C(=O)O. The van der Waals surface area contributed by atoms with E-state index in [1.54, 1.807) is 0 Å². The Morgan fingerprint density at radius 3 is 2.20 bits per heavy atom. The van der Waals surface area contributed by atoms with E-state index in [9.17, 15) is 14.7 Å². The number of carboxylic acids is 1. The van der Waals surface area contributed by atoms with Gasteiger partial charge < -0.3 is 15.5 Å². The molecule has 1 fully saturated rings. The molecule has 0 saturated heterocycles. The molecule has 0 aromatic heterocycles. The Morgan fingerprint density at radius 2 is 1.75 bits per heavy atom. The third-order valence-corrected chi connectivity index (χ3v) is 4.20. The molecule has 3 N–H and O–H groups in total. The highest BCUT2D eigenvalue weighted by atomic mass is 16.4. The van der Waals surface area contributed by atoms with Crippen molar-refractivity contribution in [2.24, 2.45) is 17.3 Å². The predicted molar refractivity (Wildman–Crippen MR) is 76.2 cm³/mol. The zero-order chi connectivity index (χ0) is 15.3. The smallest absolute Gasteiger partial charge is 0.307 e. The number of aliphatic carboxylic acids is 1.